The molecule has 0 saturated heterocycles. The first-order valence-corrected chi connectivity index (χ1v) is 5.24. The minimum atomic E-state index is -0.498. The Morgan fingerprint density at radius 3 is 2.62 bits per heavy atom. The highest BCUT2D eigenvalue weighted by molar-refractivity contribution is 5.76. The van der Waals surface area contributed by atoms with Gasteiger partial charge in [-0.2, -0.15) is 0 Å². The van der Waals surface area contributed by atoms with Crippen molar-refractivity contribution in [1.82, 2.24) is 10.3 Å². The van der Waals surface area contributed by atoms with Crippen LogP contribution in [0.4, 0.5) is 0 Å². The summed E-state index contributed by atoms with van der Waals surface area (Å²) in [5.41, 5.74) is 0.651. The zero-order valence-electron chi connectivity index (χ0n) is 9.99. The van der Waals surface area contributed by atoms with Gasteiger partial charge in [-0.05, 0) is 31.5 Å². The largest absolute Gasteiger partial charge is 0.469 e. The fourth-order valence-electron chi connectivity index (χ4n) is 1.37. The molecule has 0 radical (unpaired) electrons. The molecule has 0 amide bonds. The number of aromatic nitrogens is 1. The first kappa shape index (κ1) is 12.6. The van der Waals surface area contributed by atoms with Crippen molar-refractivity contribution in [3.05, 3.63) is 30.1 Å². The van der Waals surface area contributed by atoms with Gasteiger partial charge in [-0.1, -0.05) is 0 Å². The van der Waals surface area contributed by atoms with Gasteiger partial charge in [0.1, 0.15) is 0 Å². The van der Waals surface area contributed by atoms with Gasteiger partial charge in [0.15, 0.2) is 0 Å². The highest BCUT2D eigenvalue weighted by Crippen LogP contribution is 2.15. The average Bonchev–Trinajstić information content (AvgIpc) is 2.29. The van der Waals surface area contributed by atoms with Crippen LogP contribution in [0.2, 0.25) is 0 Å². The van der Waals surface area contributed by atoms with Crippen LogP contribution in [0.5, 0.6) is 0 Å². The fourth-order valence-corrected chi connectivity index (χ4v) is 1.37. The summed E-state index contributed by atoms with van der Waals surface area (Å²) in [6.07, 6.45) is 3.50. The van der Waals surface area contributed by atoms with Crippen LogP contribution >= 0.6 is 0 Å². The molecule has 1 aromatic heterocycles. The first-order chi connectivity index (χ1) is 7.56. The van der Waals surface area contributed by atoms with Gasteiger partial charge >= 0.3 is 5.97 Å². The quantitative estimate of drug-likeness (QED) is 0.764. The van der Waals surface area contributed by atoms with E-state index < -0.39 is 5.41 Å². The van der Waals surface area contributed by atoms with Gasteiger partial charge in [-0.3, -0.25) is 9.78 Å². The number of nitrogens with zero attached hydrogens (tertiary/aromatic N) is 1. The van der Waals surface area contributed by atoms with E-state index in [1.165, 1.54) is 7.11 Å². The summed E-state index contributed by atoms with van der Waals surface area (Å²) in [5, 5.41) is 3.23. The van der Waals surface area contributed by atoms with Crippen molar-refractivity contribution in [3.63, 3.8) is 0 Å². The summed E-state index contributed by atoms with van der Waals surface area (Å²) in [6.45, 7) is 5.03. The van der Waals surface area contributed by atoms with Gasteiger partial charge in [-0.15, -0.1) is 0 Å². The van der Waals surface area contributed by atoms with Crippen LogP contribution in [0.3, 0.4) is 0 Å². The van der Waals surface area contributed by atoms with Gasteiger partial charge in [0.2, 0.25) is 0 Å². The van der Waals surface area contributed by atoms with Crippen LogP contribution in [-0.2, 0) is 16.1 Å². The third-order valence-corrected chi connectivity index (χ3v) is 2.38. The predicted molar refractivity (Wildman–Crippen MR) is 61.7 cm³/mol. The molecule has 1 rings (SSSR count). The lowest BCUT2D eigenvalue weighted by Crippen LogP contribution is -2.36. The number of carbonyl (C=O) groups is 1. The fraction of sp³-hybridized carbons (Fsp3) is 0.500. The number of hydrogen-bond acceptors (Lipinski definition) is 4. The van der Waals surface area contributed by atoms with Crippen molar-refractivity contribution in [2.75, 3.05) is 13.7 Å². The van der Waals surface area contributed by atoms with Crippen molar-refractivity contribution < 1.29 is 9.53 Å². The number of hydrogen-bond donors (Lipinski definition) is 1. The van der Waals surface area contributed by atoms with E-state index in [1.807, 2.05) is 26.0 Å². The number of rotatable bonds is 5. The average molecular weight is 222 g/mol. The zero-order chi connectivity index (χ0) is 12.0. The summed E-state index contributed by atoms with van der Waals surface area (Å²) < 4.78 is 4.73. The molecule has 0 aliphatic rings. The highest BCUT2D eigenvalue weighted by Gasteiger charge is 2.27. The van der Waals surface area contributed by atoms with E-state index in [9.17, 15) is 4.79 Å². The minimum Gasteiger partial charge on any atom is -0.469 e. The molecule has 0 unspecified atom stereocenters. The predicted octanol–water partition coefficient (Wildman–Crippen LogP) is 1.37. The molecule has 0 aliphatic carbocycles. The van der Waals surface area contributed by atoms with Crippen molar-refractivity contribution >= 4 is 5.97 Å². The number of nitrogens with one attached hydrogen (secondary N) is 1. The van der Waals surface area contributed by atoms with Gasteiger partial charge in [0.25, 0.3) is 0 Å². The second kappa shape index (κ2) is 5.61. The molecule has 0 aromatic carbocycles. The Balaban J connectivity index is 2.38. The lowest BCUT2D eigenvalue weighted by Gasteiger charge is -2.21. The summed E-state index contributed by atoms with van der Waals surface area (Å²) in [5.74, 6) is -0.199. The van der Waals surface area contributed by atoms with E-state index in [1.54, 1.807) is 12.4 Å². The molecule has 88 valence electrons. The van der Waals surface area contributed by atoms with E-state index in [0.29, 0.717) is 6.54 Å². The SMILES string of the molecule is COC(=O)C(C)(C)CNCc1ccncc1. The summed E-state index contributed by atoms with van der Waals surface area (Å²) >= 11 is 0. The molecule has 4 heteroatoms. The van der Waals surface area contributed by atoms with Crippen molar-refractivity contribution in [1.29, 1.82) is 0 Å². The van der Waals surface area contributed by atoms with Crippen LogP contribution in [0.25, 0.3) is 0 Å². The van der Waals surface area contributed by atoms with Crippen molar-refractivity contribution in [2.45, 2.75) is 20.4 Å². The standard InChI is InChI=1S/C12H18N2O2/c1-12(2,11(15)16-3)9-14-8-10-4-6-13-7-5-10/h4-7,14H,8-9H2,1-3H3. The van der Waals surface area contributed by atoms with E-state index in [-0.39, 0.29) is 5.97 Å². The van der Waals surface area contributed by atoms with E-state index in [4.69, 9.17) is 4.74 Å². The summed E-state index contributed by atoms with van der Waals surface area (Å²) in [7, 11) is 1.41. The minimum absolute atomic E-state index is 0.199. The van der Waals surface area contributed by atoms with Crippen LogP contribution < -0.4 is 5.32 Å². The van der Waals surface area contributed by atoms with Gasteiger partial charge < -0.3 is 10.1 Å². The Labute approximate surface area is 96.0 Å². The maximum atomic E-state index is 11.4. The summed E-state index contributed by atoms with van der Waals surface area (Å²) in [6, 6.07) is 3.89. The molecule has 1 aromatic rings. The number of esters is 1. The molecule has 0 spiro atoms. The molecular formula is C12H18N2O2. The number of ether oxygens (including phenoxy) is 1. The lowest BCUT2D eigenvalue weighted by molar-refractivity contribution is -0.150. The molecule has 0 bridgehead atoms. The Hall–Kier alpha value is -1.42. The van der Waals surface area contributed by atoms with Crippen LogP contribution in [0, 0.1) is 5.41 Å². The first-order valence-electron chi connectivity index (χ1n) is 5.24. The monoisotopic (exact) mass is 222 g/mol. The van der Waals surface area contributed by atoms with E-state index in [0.717, 1.165) is 12.1 Å². The Kier molecular flexibility index (Phi) is 4.43. The highest BCUT2D eigenvalue weighted by atomic mass is 16.5. The van der Waals surface area contributed by atoms with Crippen LogP contribution in [0.1, 0.15) is 19.4 Å². The second-order valence-corrected chi connectivity index (χ2v) is 4.33. The Morgan fingerprint density at radius 2 is 2.06 bits per heavy atom. The molecule has 0 fully saturated rings. The normalized spacial score (nSPS) is 11.2. The molecule has 1 N–H and O–H groups in total. The zero-order valence-corrected chi connectivity index (χ0v) is 9.99. The molecule has 0 aliphatic heterocycles. The maximum absolute atomic E-state index is 11.4. The van der Waals surface area contributed by atoms with Crippen molar-refractivity contribution in [3.8, 4) is 0 Å². The molecule has 16 heavy (non-hydrogen) atoms. The number of methoxy groups -OCH3 is 1. The Bertz CT molecular complexity index is 336. The lowest BCUT2D eigenvalue weighted by atomic mass is 9.94. The van der Waals surface area contributed by atoms with E-state index >= 15 is 0 Å². The molecule has 1 heterocycles. The van der Waals surface area contributed by atoms with Gasteiger partial charge in [0.05, 0.1) is 12.5 Å². The van der Waals surface area contributed by atoms with Gasteiger partial charge in [-0.25, -0.2) is 0 Å². The third kappa shape index (κ3) is 3.62. The second-order valence-electron chi connectivity index (χ2n) is 4.33. The van der Waals surface area contributed by atoms with E-state index in [2.05, 4.69) is 10.3 Å². The molecule has 4 nitrogen and oxygen atoms in total. The molecule has 0 saturated carbocycles. The molecular weight excluding hydrogens is 204 g/mol. The number of pyridine rings is 1. The Morgan fingerprint density at radius 1 is 1.44 bits per heavy atom. The van der Waals surface area contributed by atoms with Crippen molar-refractivity contribution in [2.24, 2.45) is 5.41 Å². The topological polar surface area (TPSA) is 51.2 Å². The maximum Gasteiger partial charge on any atom is 0.312 e. The third-order valence-electron chi connectivity index (χ3n) is 2.38. The van der Waals surface area contributed by atoms with Gasteiger partial charge in [0, 0.05) is 25.5 Å². The molecule has 0 atom stereocenters. The van der Waals surface area contributed by atoms with Crippen LogP contribution in [0.15, 0.2) is 24.5 Å². The smallest absolute Gasteiger partial charge is 0.312 e. The number of carbonyl (C=O) groups excluding carboxylic acids is 1. The van der Waals surface area contributed by atoms with Crippen LogP contribution in [-0.4, -0.2) is 24.6 Å². The summed E-state index contributed by atoms with van der Waals surface area (Å²) in [4.78, 5) is 15.3.